The van der Waals surface area contributed by atoms with E-state index in [2.05, 4.69) is 55.4 Å². The molecule has 0 aliphatic heterocycles. The van der Waals surface area contributed by atoms with Gasteiger partial charge in [0.25, 0.3) is 0 Å². The van der Waals surface area contributed by atoms with Gasteiger partial charge in [-0.15, -0.1) is 0 Å². The van der Waals surface area contributed by atoms with Crippen molar-refractivity contribution < 1.29 is 0 Å². The first-order chi connectivity index (χ1) is 8.06. The second-order valence-corrected chi connectivity index (χ2v) is 8.90. The molecule has 0 saturated heterocycles. The highest BCUT2D eigenvalue weighted by Gasteiger charge is 2.47. The SMILES string of the molecule is CC(C)CC(CC1C(C)(C)CCC1(C)C)C(C)C. The van der Waals surface area contributed by atoms with E-state index in [1.165, 1.54) is 25.7 Å². The smallest absolute Gasteiger partial charge is 0.0309 e. The van der Waals surface area contributed by atoms with Gasteiger partial charge in [0.2, 0.25) is 0 Å². The molecule has 0 spiro atoms. The van der Waals surface area contributed by atoms with Crippen LogP contribution in [0.3, 0.4) is 0 Å². The van der Waals surface area contributed by atoms with Gasteiger partial charge in [-0.1, -0.05) is 55.4 Å². The quantitative estimate of drug-likeness (QED) is 0.550. The van der Waals surface area contributed by atoms with Crippen molar-refractivity contribution in [2.75, 3.05) is 0 Å². The third kappa shape index (κ3) is 3.75. The molecule has 0 N–H and O–H groups in total. The van der Waals surface area contributed by atoms with Crippen molar-refractivity contribution >= 4 is 0 Å². The highest BCUT2D eigenvalue weighted by molar-refractivity contribution is 4.97. The van der Waals surface area contributed by atoms with Crippen LogP contribution in [0.4, 0.5) is 0 Å². The van der Waals surface area contributed by atoms with Crippen LogP contribution in [-0.4, -0.2) is 0 Å². The van der Waals surface area contributed by atoms with Crippen LogP contribution in [-0.2, 0) is 0 Å². The maximum atomic E-state index is 2.50. The Balaban J connectivity index is 2.78. The summed E-state index contributed by atoms with van der Waals surface area (Å²) in [5.74, 6) is 3.48. The fraction of sp³-hybridized carbons (Fsp3) is 1.00. The molecule has 1 aliphatic carbocycles. The van der Waals surface area contributed by atoms with Crippen LogP contribution in [0.2, 0.25) is 0 Å². The van der Waals surface area contributed by atoms with E-state index in [4.69, 9.17) is 0 Å². The van der Waals surface area contributed by atoms with Crippen LogP contribution in [0.1, 0.15) is 81.1 Å². The van der Waals surface area contributed by atoms with Gasteiger partial charge in [-0.05, 0) is 60.2 Å². The van der Waals surface area contributed by atoms with Crippen molar-refractivity contribution in [3.05, 3.63) is 0 Å². The van der Waals surface area contributed by atoms with E-state index < -0.39 is 0 Å². The summed E-state index contributed by atoms with van der Waals surface area (Å²) in [6.45, 7) is 19.6. The van der Waals surface area contributed by atoms with Crippen molar-refractivity contribution in [1.82, 2.24) is 0 Å². The molecule has 1 atom stereocenters. The molecule has 0 nitrogen and oxygen atoms in total. The summed E-state index contributed by atoms with van der Waals surface area (Å²) in [6, 6.07) is 0. The Bertz CT molecular complexity index is 241. The third-order valence-corrected chi connectivity index (χ3v) is 5.56. The maximum absolute atomic E-state index is 2.50. The predicted octanol–water partition coefficient (Wildman–Crippen LogP) is 6.16. The molecule has 0 aromatic rings. The van der Waals surface area contributed by atoms with E-state index in [1.54, 1.807) is 0 Å². The third-order valence-electron chi connectivity index (χ3n) is 5.56. The first-order valence-corrected chi connectivity index (χ1v) is 8.06. The average Bonchev–Trinajstić information content (AvgIpc) is 2.38. The van der Waals surface area contributed by atoms with Gasteiger partial charge in [0.1, 0.15) is 0 Å². The van der Waals surface area contributed by atoms with Crippen LogP contribution in [0, 0.1) is 34.5 Å². The van der Waals surface area contributed by atoms with Crippen LogP contribution in [0.25, 0.3) is 0 Å². The maximum Gasteiger partial charge on any atom is -0.0309 e. The number of rotatable bonds is 5. The Morgan fingerprint density at radius 2 is 1.33 bits per heavy atom. The van der Waals surface area contributed by atoms with Crippen molar-refractivity contribution in [3.8, 4) is 0 Å². The first kappa shape index (κ1) is 16.1. The fourth-order valence-electron chi connectivity index (χ4n) is 4.24. The molecule has 1 unspecified atom stereocenters. The Hall–Kier alpha value is 0. The second kappa shape index (κ2) is 5.55. The second-order valence-electron chi connectivity index (χ2n) is 8.90. The lowest BCUT2D eigenvalue weighted by Gasteiger charge is -2.39. The molecule has 0 amide bonds. The summed E-state index contributed by atoms with van der Waals surface area (Å²) in [5.41, 5.74) is 1.10. The molecule has 1 aliphatic rings. The Kier molecular flexibility index (Phi) is 4.95. The van der Waals surface area contributed by atoms with Gasteiger partial charge in [0.15, 0.2) is 0 Å². The van der Waals surface area contributed by atoms with Gasteiger partial charge in [0.05, 0.1) is 0 Å². The Morgan fingerprint density at radius 1 is 0.889 bits per heavy atom. The topological polar surface area (TPSA) is 0 Å². The zero-order chi connectivity index (χ0) is 14.1. The molecular weight excluding hydrogens is 216 g/mol. The van der Waals surface area contributed by atoms with Gasteiger partial charge in [0, 0.05) is 0 Å². The molecule has 0 radical (unpaired) electrons. The van der Waals surface area contributed by atoms with Crippen LogP contribution >= 0.6 is 0 Å². The van der Waals surface area contributed by atoms with Gasteiger partial charge >= 0.3 is 0 Å². The summed E-state index contributed by atoms with van der Waals surface area (Å²) < 4.78 is 0. The molecule has 1 rings (SSSR count). The monoisotopic (exact) mass is 252 g/mol. The number of hydrogen-bond acceptors (Lipinski definition) is 0. The van der Waals surface area contributed by atoms with E-state index in [0.29, 0.717) is 10.8 Å². The van der Waals surface area contributed by atoms with Crippen molar-refractivity contribution in [1.29, 1.82) is 0 Å². The predicted molar refractivity (Wildman–Crippen MR) is 82.7 cm³/mol. The standard InChI is InChI=1S/C18H36/c1-13(2)11-15(14(3)4)12-16-17(5,6)9-10-18(16,7)8/h13-16H,9-12H2,1-8H3. The summed E-state index contributed by atoms with van der Waals surface area (Å²) in [4.78, 5) is 0. The number of hydrogen-bond donors (Lipinski definition) is 0. The molecule has 0 aromatic carbocycles. The highest BCUT2D eigenvalue weighted by atomic mass is 14.5. The zero-order valence-corrected chi connectivity index (χ0v) is 14.1. The van der Waals surface area contributed by atoms with Crippen LogP contribution < -0.4 is 0 Å². The van der Waals surface area contributed by atoms with Crippen molar-refractivity contribution in [3.63, 3.8) is 0 Å². The molecular formula is C18H36. The lowest BCUT2D eigenvalue weighted by Crippen LogP contribution is -2.31. The summed E-state index contributed by atoms with van der Waals surface area (Å²) in [5, 5.41) is 0. The minimum atomic E-state index is 0.549. The molecule has 1 saturated carbocycles. The Morgan fingerprint density at radius 3 is 1.67 bits per heavy atom. The lowest BCUT2D eigenvalue weighted by molar-refractivity contribution is 0.102. The Labute approximate surface area is 116 Å². The summed E-state index contributed by atoms with van der Waals surface area (Å²) in [7, 11) is 0. The minimum absolute atomic E-state index is 0.549. The van der Waals surface area contributed by atoms with Gasteiger partial charge in [-0.3, -0.25) is 0 Å². The van der Waals surface area contributed by atoms with E-state index in [0.717, 1.165) is 23.7 Å². The van der Waals surface area contributed by atoms with E-state index in [-0.39, 0.29) is 0 Å². The fourth-order valence-corrected chi connectivity index (χ4v) is 4.24. The van der Waals surface area contributed by atoms with Gasteiger partial charge in [-0.2, -0.15) is 0 Å². The molecule has 1 fully saturated rings. The largest absolute Gasteiger partial charge is 0.0628 e. The average molecular weight is 252 g/mol. The lowest BCUT2D eigenvalue weighted by atomic mass is 9.66. The molecule has 0 heteroatoms. The minimum Gasteiger partial charge on any atom is -0.0628 e. The van der Waals surface area contributed by atoms with Crippen LogP contribution in [0.15, 0.2) is 0 Å². The first-order valence-electron chi connectivity index (χ1n) is 8.06. The zero-order valence-electron chi connectivity index (χ0n) is 14.1. The van der Waals surface area contributed by atoms with Gasteiger partial charge < -0.3 is 0 Å². The van der Waals surface area contributed by atoms with Crippen molar-refractivity contribution in [2.24, 2.45) is 34.5 Å². The molecule has 0 bridgehead atoms. The normalized spacial score (nSPS) is 25.0. The summed E-state index contributed by atoms with van der Waals surface area (Å²) >= 11 is 0. The summed E-state index contributed by atoms with van der Waals surface area (Å²) in [6.07, 6.45) is 5.67. The molecule has 0 aromatic heterocycles. The molecule has 0 heterocycles. The highest BCUT2D eigenvalue weighted by Crippen LogP contribution is 2.56. The molecule has 108 valence electrons. The molecule has 18 heavy (non-hydrogen) atoms. The van der Waals surface area contributed by atoms with Gasteiger partial charge in [-0.25, -0.2) is 0 Å². The van der Waals surface area contributed by atoms with E-state index in [9.17, 15) is 0 Å². The van der Waals surface area contributed by atoms with Crippen molar-refractivity contribution in [2.45, 2.75) is 81.1 Å². The van der Waals surface area contributed by atoms with E-state index in [1.807, 2.05) is 0 Å². The van der Waals surface area contributed by atoms with Crippen LogP contribution in [0.5, 0.6) is 0 Å². The van der Waals surface area contributed by atoms with E-state index >= 15 is 0 Å².